The first kappa shape index (κ1) is 13.6. The highest BCUT2D eigenvalue weighted by Crippen LogP contribution is 2.17. The number of aliphatic hydroxyl groups excluding tert-OH is 1. The minimum atomic E-state index is 0.0891. The Hall–Kier alpha value is -1.87. The second kappa shape index (κ2) is 6.34. The second-order valence-electron chi connectivity index (χ2n) is 4.61. The summed E-state index contributed by atoms with van der Waals surface area (Å²) in [5.74, 6) is 0. The predicted molar refractivity (Wildman–Crippen MR) is 78.1 cm³/mol. The highest BCUT2D eigenvalue weighted by Gasteiger charge is 2.06. The van der Waals surface area contributed by atoms with Crippen molar-refractivity contribution < 1.29 is 5.11 Å². The van der Waals surface area contributed by atoms with Crippen LogP contribution >= 0.6 is 0 Å². The van der Waals surface area contributed by atoms with Crippen molar-refractivity contribution in [2.45, 2.75) is 27.0 Å². The standard InChI is InChI=1S/C16H20N2O/c1-3-18(11-15-6-4-5-13(2)17-15)16-9-7-14(12-19)8-10-16/h4-10,19H,3,11-12H2,1-2H3. The maximum absolute atomic E-state index is 9.07. The lowest BCUT2D eigenvalue weighted by molar-refractivity contribution is 0.282. The number of pyridine rings is 1. The average molecular weight is 256 g/mol. The number of aromatic nitrogens is 1. The molecule has 0 aliphatic heterocycles. The number of aliphatic hydroxyl groups is 1. The molecule has 2 aromatic rings. The number of rotatable bonds is 5. The molecule has 0 atom stereocenters. The predicted octanol–water partition coefficient (Wildman–Crippen LogP) is 2.91. The summed E-state index contributed by atoms with van der Waals surface area (Å²) in [6.07, 6.45) is 0. The van der Waals surface area contributed by atoms with Gasteiger partial charge in [0.1, 0.15) is 0 Å². The van der Waals surface area contributed by atoms with Crippen LogP contribution in [0.25, 0.3) is 0 Å². The quantitative estimate of drug-likeness (QED) is 0.893. The van der Waals surface area contributed by atoms with Gasteiger partial charge in [0.2, 0.25) is 0 Å². The van der Waals surface area contributed by atoms with Crippen LogP contribution in [0.5, 0.6) is 0 Å². The molecule has 0 fully saturated rings. The lowest BCUT2D eigenvalue weighted by atomic mass is 10.2. The molecule has 0 aliphatic carbocycles. The van der Waals surface area contributed by atoms with Crippen molar-refractivity contribution in [2.24, 2.45) is 0 Å². The van der Waals surface area contributed by atoms with Crippen molar-refractivity contribution in [2.75, 3.05) is 11.4 Å². The van der Waals surface area contributed by atoms with Crippen molar-refractivity contribution in [1.82, 2.24) is 4.98 Å². The van der Waals surface area contributed by atoms with Crippen LogP contribution in [0.15, 0.2) is 42.5 Å². The summed E-state index contributed by atoms with van der Waals surface area (Å²) in [4.78, 5) is 6.81. The molecule has 0 aliphatic rings. The van der Waals surface area contributed by atoms with Gasteiger partial charge in [0.15, 0.2) is 0 Å². The van der Waals surface area contributed by atoms with Crippen LogP contribution in [0.2, 0.25) is 0 Å². The maximum atomic E-state index is 9.07. The molecule has 0 radical (unpaired) electrons. The fourth-order valence-corrected chi connectivity index (χ4v) is 2.08. The summed E-state index contributed by atoms with van der Waals surface area (Å²) < 4.78 is 0. The molecule has 1 aromatic carbocycles. The molecule has 1 N–H and O–H groups in total. The molecule has 3 heteroatoms. The van der Waals surface area contributed by atoms with Gasteiger partial charge < -0.3 is 10.0 Å². The average Bonchev–Trinajstić information content (AvgIpc) is 2.45. The Labute approximate surface area is 114 Å². The van der Waals surface area contributed by atoms with Gasteiger partial charge in [-0.2, -0.15) is 0 Å². The first-order chi connectivity index (χ1) is 9.22. The monoisotopic (exact) mass is 256 g/mol. The van der Waals surface area contributed by atoms with Crippen molar-refractivity contribution in [3.8, 4) is 0 Å². The molecule has 0 spiro atoms. The molecule has 100 valence electrons. The summed E-state index contributed by atoms with van der Waals surface area (Å²) in [6, 6.07) is 14.1. The summed E-state index contributed by atoms with van der Waals surface area (Å²) >= 11 is 0. The van der Waals surface area contributed by atoms with E-state index in [0.717, 1.165) is 35.7 Å². The largest absolute Gasteiger partial charge is 0.392 e. The van der Waals surface area contributed by atoms with E-state index >= 15 is 0 Å². The van der Waals surface area contributed by atoms with E-state index in [2.05, 4.69) is 22.9 Å². The van der Waals surface area contributed by atoms with Crippen LogP contribution in [0.4, 0.5) is 5.69 Å². The van der Waals surface area contributed by atoms with Gasteiger partial charge in [-0.15, -0.1) is 0 Å². The van der Waals surface area contributed by atoms with Crippen LogP contribution in [0.1, 0.15) is 23.9 Å². The number of nitrogens with zero attached hydrogens (tertiary/aromatic N) is 2. The Morgan fingerprint density at radius 3 is 2.42 bits per heavy atom. The molecule has 0 amide bonds. The zero-order chi connectivity index (χ0) is 13.7. The molecule has 1 heterocycles. The number of aryl methyl sites for hydroxylation is 1. The van der Waals surface area contributed by atoms with Crippen LogP contribution in [-0.4, -0.2) is 16.6 Å². The Kier molecular flexibility index (Phi) is 4.53. The number of anilines is 1. The van der Waals surface area contributed by atoms with Gasteiger partial charge >= 0.3 is 0 Å². The zero-order valence-corrected chi connectivity index (χ0v) is 11.5. The molecule has 3 nitrogen and oxygen atoms in total. The van der Waals surface area contributed by atoms with Crippen molar-refractivity contribution >= 4 is 5.69 Å². The summed E-state index contributed by atoms with van der Waals surface area (Å²) in [6.45, 7) is 5.96. The Balaban J connectivity index is 2.15. The molecule has 0 unspecified atom stereocenters. The van der Waals surface area contributed by atoms with Crippen LogP contribution in [-0.2, 0) is 13.2 Å². The Bertz CT molecular complexity index is 523. The third-order valence-electron chi connectivity index (χ3n) is 3.16. The van der Waals surface area contributed by atoms with Gasteiger partial charge in [-0.3, -0.25) is 4.98 Å². The van der Waals surface area contributed by atoms with Gasteiger partial charge in [0, 0.05) is 17.9 Å². The van der Waals surface area contributed by atoms with E-state index in [0.29, 0.717) is 0 Å². The van der Waals surface area contributed by atoms with Gasteiger partial charge in [0.05, 0.1) is 18.8 Å². The number of benzene rings is 1. The summed E-state index contributed by atoms with van der Waals surface area (Å²) in [5.41, 5.74) is 4.22. The number of hydrogen-bond acceptors (Lipinski definition) is 3. The van der Waals surface area contributed by atoms with Crippen LogP contribution < -0.4 is 4.90 Å². The minimum absolute atomic E-state index is 0.0891. The molecule has 0 saturated carbocycles. The third-order valence-corrected chi connectivity index (χ3v) is 3.16. The highest BCUT2D eigenvalue weighted by molar-refractivity contribution is 5.47. The third kappa shape index (κ3) is 3.55. The summed E-state index contributed by atoms with van der Waals surface area (Å²) in [7, 11) is 0. The van der Waals surface area contributed by atoms with Gasteiger partial charge in [-0.05, 0) is 43.7 Å². The lowest BCUT2D eigenvalue weighted by Crippen LogP contribution is -2.22. The normalized spacial score (nSPS) is 10.5. The minimum Gasteiger partial charge on any atom is -0.392 e. The second-order valence-corrected chi connectivity index (χ2v) is 4.61. The van der Waals surface area contributed by atoms with E-state index in [1.807, 2.05) is 43.3 Å². The van der Waals surface area contributed by atoms with Crippen LogP contribution in [0, 0.1) is 6.92 Å². The van der Waals surface area contributed by atoms with Crippen molar-refractivity contribution in [3.05, 3.63) is 59.4 Å². The maximum Gasteiger partial charge on any atom is 0.0681 e. The van der Waals surface area contributed by atoms with E-state index in [9.17, 15) is 0 Å². The van der Waals surface area contributed by atoms with E-state index < -0.39 is 0 Å². The molecular formula is C16H20N2O. The summed E-state index contributed by atoms with van der Waals surface area (Å²) in [5, 5.41) is 9.07. The molecule has 1 aromatic heterocycles. The SMILES string of the molecule is CCN(Cc1cccc(C)n1)c1ccc(CO)cc1. The van der Waals surface area contributed by atoms with E-state index in [-0.39, 0.29) is 6.61 Å². The van der Waals surface area contributed by atoms with Crippen molar-refractivity contribution in [3.63, 3.8) is 0 Å². The Morgan fingerprint density at radius 2 is 1.84 bits per heavy atom. The van der Waals surface area contributed by atoms with E-state index in [1.54, 1.807) is 0 Å². The van der Waals surface area contributed by atoms with Crippen LogP contribution in [0.3, 0.4) is 0 Å². The topological polar surface area (TPSA) is 36.4 Å². The zero-order valence-electron chi connectivity index (χ0n) is 11.5. The van der Waals surface area contributed by atoms with Gasteiger partial charge in [-0.25, -0.2) is 0 Å². The van der Waals surface area contributed by atoms with E-state index in [4.69, 9.17) is 5.11 Å². The molecule has 0 saturated heterocycles. The molecule has 19 heavy (non-hydrogen) atoms. The van der Waals surface area contributed by atoms with Gasteiger partial charge in [0.25, 0.3) is 0 Å². The molecular weight excluding hydrogens is 236 g/mol. The number of hydrogen-bond donors (Lipinski definition) is 1. The van der Waals surface area contributed by atoms with E-state index in [1.165, 1.54) is 0 Å². The highest BCUT2D eigenvalue weighted by atomic mass is 16.3. The molecule has 0 bridgehead atoms. The first-order valence-electron chi connectivity index (χ1n) is 6.60. The van der Waals surface area contributed by atoms with Crippen molar-refractivity contribution in [1.29, 1.82) is 0 Å². The van der Waals surface area contributed by atoms with Gasteiger partial charge in [-0.1, -0.05) is 18.2 Å². The fraction of sp³-hybridized carbons (Fsp3) is 0.312. The fourth-order valence-electron chi connectivity index (χ4n) is 2.08. The smallest absolute Gasteiger partial charge is 0.0681 e. The Morgan fingerprint density at radius 1 is 1.11 bits per heavy atom. The first-order valence-corrected chi connectivity index (χ1v) is 6.60. The lowest BCUT2D eigenvalue weighted by Gasteiger charge is -2.23. The molecule has 2 rings (SSSR count).